The standard InChI is InChI=1S/C10H14ClFN2O3S/c1-2-7-5-10(7,13)8(15)14(11)18(16,17)9(6-12)3-4-9/h2,7H,1,3-6,13H2/t7-,10-/m1/s1. The first-order valence-corrected chi connectivity index (χ1v) is 7.25. The number of carbonyl (C=O) groups excluding carboxylic acids is 1. The molecule has 0 aromatic heterocycles. The SMILES string of the molecule is C=C[C@@H]1C[C@]1(N)C(=O)N(Cl)S(=O)(=O)C1(CF)CC1. The van der Waals surface area contributed by atoms with Crippen LogP contribution in [0.3, 0.4) is 0 Å². The van der Waals surface area contributed by atoms with E-state index in [9.17, 15) is 17.6 Å². The van der Waals surface area contributed by atoms with Gasteiger partial charge in [0.05, 0.1) is 0 Å². The van der Waals surface area contributed by atoms with Gasteiger partial charge in [-0.2, -0.15) is 0 Å². The van der Waals surface area contributed by atoms with Crippen LogP contribution in [0.4, 0.5) is 4.39 Å². The van der Waals surface area contributed by atoms with Gasteiger partial charge in [0.25, 0.3) is 15.9 Å². The van der Waals surface area contributed by atoms with Crippen LogP contribution in [0.25, 0.3) is 0 Å². The van der Waals surface area contributed by atoms with E-state index in [1.807, 2.05) is 0 Å². The Balaban J connectivity index is 2.20. The summed E-state index contributed by atoms with van der Waals surface area (Å²) in [5.74, 6) is -1.20. The molecule has 0 unspecified atom stereocenters. The van der Waals surface area contributed by atoms with Crippen LogP contribution in [0.2, 0.25) is 0 Å². The van der Waals surface area contributed by atoms with Crippen molar-refractivity contribution in [2.24, 2.45) is 11.7 Å². The van der Waals surface area contributed by atoms with Crippen LogP contribution < -0.4 is 5.73 Å². The Hall–Kier alpha value is -0.660. The molecule has 2 saturated carbocycles. The molecule has 102 valence electrons. The number of nitrogens with two attached hydrogens (primary N) is 1. The van der Waals surface area contributed by atoms with Gasteiger partial charge in [-0.1, -0.05) is 6.08 Å². The molecule has 0 spiro atoms. The van der Waals surface area contributed by atoms with Gasteiger partial charge in [-0.3, -0.25) is 4.79 Å². The third-order valence-corrected chi connectivity index (χ3v) is 6.61. The van der Waals surface area contributed by atoms with Crippen molar-refractivity contribution in [1.82, 2.24) is 3.82 Å². The van der Waals surface area contributed by atoms with E-state index in [0.29, 0.717) is 6.42 Å². The largest absolute Gasteiger partial charge is 0.317 e. The topological polar surface area (TPSA) is 80.5 Å². The summed E-state index contributed by atoms with van der Waals surface area (Å²) in [6.07, 6.45) is 2.13. The number of hydrogen-bond acceptors (Lipinski definition) is 4. The number of amides is 1. The molecule has 8 heteroatoms. The lowest BCUT2D eigenvalue weighted by Gasteiger charge is -2.22. The molecule has 0 aromatic carbocycles. The predicted molar refractivity (Wildman–Crippen MR) is 64.8 cm³/mol. The number of hydrogen-bond donors (Lipinski definition) is 1. The second kappa shape index (κ2) is 3.91. The number of halogens is 2. The summed E-state index contributed by atoms with van der Waals surface area (Å²) in [6.45, 7) is 2.45. The van der Waals surface area contributed by atoms with Crippen LogP contribution in [-0.2, 0) is 14.8 Å². The molecule has 2 N–H and O–H groups in total. The summed E-state index contributed by atoms with van der Waals surface area (Å²) in [7, 11) is -4.19. The molecule has 2 rings (SSSR count). The van der Waals surface area contributed by atoms with Crippen LogP contribution in [0, 0.1) is 5.92 Å². The first-order valence-electron chi connectivity index (χ1n) is 5.48. The number of sulfonamides is 1. The van der Waals surface area contributed by atoms with Crippen LogP contribution in [0.5, 0.6) is 0 Å². The molecule has 5 nitrogen and oxygen atoms in total. The number of alkyl halides is 1. The van der Waals surface area contributed by atoms with E-state index in [1.165, 1.54) is 6.08 Å². The second-order valence-corrected chi connectivity index (χ2v) is 7.65. The molecule has 2 aliphatic carbocycles. The molecule has 2 atom stereocenters. The Morgan fingerprint density at radius 1 is 1.61 bits per heavy atom. The Morgan fingerprint density at radius 2 is 2.17 bits per heavy atom. The minimum Gasteiger partial charge on any atom is -0.317 e. The summed E-state index contributed by atoms with van der Waals surface area (Å²) >= 11 is 5.59. The minimum atomic E-state index is -4.19. The van der Waals surface area contributed by atoms with Crippen molar-refractivity contribution in [2.45, 2.75) is 29.5 Å². The number of carbonyl (C=O) groups is 1. The molecular weight excluding hydrogens is 283 g/mol. The molecule has 2 fully saturated rings. The number of rotatable bonds is 5. The molecule has 1 amide bonds. The van der Waals surface area contributed by atoms with Crippen molar-refractivity contribution in [2.75, 3.05) is 6.67 Å². The van der Waals surface area contributed by atoms with E-state index >= 15 is 0 Å². The highest BCUT2D eigenvalue weighted by molar-refractivity contribution is 7.92. The normalized spacial score (nSPS) is 32.7. The fraction of sp³-hybridized carbons (Fsp3) is 0.700. The summed E-state index contributed by atoms with van der Waals surface area (Å²) in [5, 5.41) is 0. The third-order valence-electron chi connectivity index (χ3n) is 3.71. The van der Waals surface area contributed by atoms with Crippen molar-refractivity contribution in [3.63, 3.8) is 0 Å². The zero-order valence-electron chi connectivity index (χ0n) is 9.60. The summed E-state index contributed by atoms with van der Waals surface area (Å²) < 4.78 is 35.4. The van der Waals surface area contributed by atoms with E-state index in [4.69, 9.17) is 17.5 Å². The maximum Gasteiger partial charge on any atom is 0.271 e. The summed E-state index contributed by atoms with van der Waals surface area (Å²) in [6, 6.07) is 0. The summed E-state index contributed by atoms with van der Waals surface area (Å²) in [5.41, 5.74) is 4.43. The van der Waals surface area contributed by atoms with Gasteiger partial charge in [-0.15, -0.1) is 10.4 Å². The smallest absolute Gasteiger partial charge is 0.271 e. The van der Waals surface area contributed by atoms with Crippen molar-refractivity contribution in [3.8, 4) is 0 Å². The lowest BCUT2D eigenvalue weighted by atomic mass is 10.2. The molecule has 0 radical (unpaired) electrons. The summed E-state index contributed by atoms with van der Waals surface area (Å²) in [4.78, 5) is 12.0. The zero-order chi connectivity index (χ0) is 13.8. The lowest BCUT2D eigenvalue weighted by molar-refractivity contribution is -0.125. The Labute approximate surface area is 110 Å². The zero-order valence-corrected chi connectivity index (χ0v) is 11.2. The quantitative estimate of drug-likeness (QED) is 0.598. The Kier molecular flexibility index (Phi) is 2.99. The van der Waals surface area contributed by atoms with Crippen molar-refractivity contribution in [3.05, 3.63) is 12.7 Å². The van der Waals surface area contributed by atoms with Gasteiger partial charge in [-0.05, 0) is 19.3 Å². The fourth-order valence-electron chi connectivity index (χ4n) is 1.89. The van der Waals surface area contributed by atoms with Crippen molar-refractivity contribution < 1.29 is 17.6 Å². The van der Waals surface area contributed by atoms with Gasteiger partial charge in [0.2, 0.25) is 0 Å². The average molecular weight is 297 g/mol. The van der Waals surface area contributed by atoms with Crippen LogP contribution >= 0.6 is 11.8 Å². The van der Waals surface area contributed by atoms with Gasteiger partial charge in [0.1, 0.15) is 17.0 Å². The number of nitrogens with zero attached hydrogens (tertiary/aromatic N) is 1. The van der Waals surface area contributed by atoms with Crippen molar-refractivity contribution in [1.29, 1.82) is 0 Å². The maximum atomic E-state index is 12.8. The fourth-order valence-corrected chi connectivity index (χ4v) is 3.97. The molecule has 2 aliphatic rings. The minimum absolute atomic E-state index is 0.100. The van der Waals surface area contributed by atoms with Gasteiger partial charge in [-0.25, -0.2) is 12.8 Å². The molecular formula is C10H14ClFN2O3S. The highest BCUT2D eigenvalue weighted by Crippen LogP contribution is 2.49. The highest BCUT2D eigenvalue weighted by Gasteiger charge is 2.63. The molecule has 0 aliphatic heterocycles. The van der Waals surface area contributed by atoms with Gasteiger partial charge < -0.3 is 5.73 Å². The third kappa shape index (κ3) is 1.68. The lowest BCUT2D eigenvalue weighted by Crippen LogP contribution is -2.48. The molecule has 0 aromatic rings. The molecule has 0 saturated heterocycles. The van der Waals surface area contributed by atoms with Crippen LogP contribution in [-0.4, -0.2) is 35.1 Å². The first kappa shape index (κ1) is 13.8. The van der Waals surface area contributed by atoms with Gasteiger partial charge in [0, 0.05) is 17.7 Å². The van der Waals surface area contributed by atoms with E-state index in [2.05, 4.69) is 6.58 Å². The predicted octanol–water partition coefficient (Wildman–Crippen LogP) is 0.704. The Morgan fingerprint density at radius 3 is 2.50 bits per heavy atom. The van der Waals surface area contributed by atoms with Crippen LogP contribution in [0.15, 0.2) is 12.7 Å². The molecule has 18 heavy (non-hydrogen) atoms. The first-order chi connectivity index (χ1) is 8.25. The van der Waals surface area contributed by atoms with E-state index in [-0.39, 0.29) is 22.6 Å². The molecule has 0 bridgehead atoms. The monoisotopic (exact) mass is 296 g/mol. The van der Waals surface area contributed by atoms with Crippen molar-refractivity contribution >= 4 is 27.7 Å². The Bertz CT molecular complexity index is 505. The van der Waals surface area contributed by atoms with E-state index in [1.54, 1.807) is 0 Å². The van der Waals surface area contributed by atoms with Gasteiger partial charge in [0.15, 0.2) is 0 Å². The second-order valence-electron chi connectivity index (χ2n) is 4.93. The van der Waals surface area contributed by atoms with E-state index < -0.39 is 32.9 Å². The average Bonchev–Trinajstić information content (AvgIpc) is 3.22. The maximum absolute atomic E-state index is 12.8. The molecule has 0 heterocycles. The van der Waals surface area contributed by atoms with Gasteiger partial charge >= 0.3 is 0 Å². The van der Waals surface area contributed by atoms with E-state index in [0.717, 1.165) is 0 Å². The van der Waals surface area contributed by atoms with Crippen LogP contribution in [0.1, 0.15) is 19.3 Å². The highest BCUT2D eigenvalue weighted by atomic mass is 35.5.